The minimum Gasteiger partial charge on any atom is -0.396 e. The van der Waals surface area contributed by atoms with Crippen molar-refractivity contribution in [1.29, 1.82) is 5.26 Å². The van der Waals surface area contributed by atoms with Crippen LogP contribution in [0.2, 0.25) is 0 Å². The SMILES string of the molecule is CC1(C)CCC(C#N)(NCCCO)C1. The van der Waals surface area contributed by atoms with E-state index in [1.54, 1.807) is 0 Å². The third-order valence-corrected chi connectivity index (χ3v) is 3.02. The summed E-state index contributed by atoms with van der Waals surface area (Å²) in [4.78, 5) is 0. The van der Waals surface area contributed by atoms with Gasteiger partial charge in [0.2, 0.25) is 0 Å². The molecule has 3 nitrogen and oxygen atoms in total. The van der Waals surface area contributed by atoms with E-state index in [-0.39, 0.29) is 17.6 Å². The van der Waals surface area contributed by atoms with Gasteiger partial charge in [-0.15, -0.1) is 0 Å². The van der Waals surface area contributed by atoms with Gasteiger partial charge >= 0.3 is 0 Å². The Hall–Kier alpha value is -0.590. The normalized spacial score (nSPS) is 30.1. The maximum Gasteiger partial charge on any atom is 0.107 e. The molecule has 0 spiro atoms. The zero-order valence-electron chi connectivity index (χ0n) is 9.14. The molecule has 0 aromatic carbocycles. The van der Waals surface area contributed by atoms with Crippen LogP contribution >= 0.6 is 0 Å². The number of nitriles is 1. The number of nitrogens with one attached hydrogen (secondary N) is 1. The van der Waals surface area contributed by atoms with Crippen LogP contribution < -0.4 is 5.32 Å². The van der Waals surface area contributed by atoms with Crippen molar-refractivity contribution in [2.75, 3.05) is 13.2 Å². The first-order chi connectivity index (χ1) is 6.54. The summed E-state index contributed by atoms with van der Waals surface area (Å²) in [5.41, 5.74) is -0.0549. The summed E-state index contributed by atoms with van der Waals surface area (Å²) in [6.45, 7) is 5.34. The van der Waals surface area contributed by atoms with Crippen molar-refractivity contribution in [2.24, 2.45) is 5.41 Å². The lowest BCUT2D eigenvalue weighted by Crippen LogP contribution is -2.42. The van der Waals surface area contributed by atoms with Crippen LogP contribution in [0.1, 0.15) is 39.5 Å². The molecule has 80 valence electrons. The third kappa shape index (κ3) is 2.70. The average molecular weight is 196 g/mol. The summed E-state index contributed by atoms with van der Waals surface area (Å²) in [5, 5.41) is 21.1. The first-order valence-corrected chi connectivity index (χ1v) is 5.31. The fourth-order valence-corrected chi connectivity index (χ4v) is 2.24. The number of aliphatic hydroxyl groups is 1. The summed E-state index contributed by atoms with van der Waals surface area (Å²) in [5.74, 6) is 0. The standard InChI is InChI=1S/C11H20N2O/c1-10(2)4-5-11(8-10,9-12)13-6-3-7-14/h13-14H,3-8H2,1-2H3. The van der Waals surface area contributed by atoms with E-state index in [1.165, 1.54) is 0 Å². The highest BCUT2D eigenvalue weighted by molar-refractivity contribution is 5.13. The zero-order chi connectivity index (χ0) is 10.7. The minimum atomic E-state index is -0.335. The van der Waals surface area contributed by atoms with Gasteiger partial charge in [-0.1, -0.05) is 13.8 Å². The summed E-state index contributed by atoms with van der Waals surface area (Å²) in [6.07, 6.45) is 3.68. The average Bonchev–Trinajstić information content (AvgIpc) is 2.44. The Balaban J connectivity index is 2.49. The second-order valence-electron chi connectivity index (χ2n) is 5.04. The fraction of sp³-hybridized carbons (Fsp3) is 0.909. The summed E-state index contributed by atoms with van der Waals surface area (Å²) < 4.78 is 0. The van der Waals surface area contributed by atoms with E-state index in [2.05, 4.69) is 25.2 Å². The van der Waals surface area contributed by atoms with Gasteiger partial charge in [-0.3, -0.25) is 5.32 Å². The fourth-order valence-electron chi connectivity index (χ4n) is 2.24. The Labute approximate surface area is 86.1 Å². The lowest BCUT2D eigenvalue weighted by atomic mass is 9.88. The Morgan fingerprint density at radius 2 is 2.14 bits per heavy atom. The van der Waals surface area contributed by atoms with Crippen molar-refractivity contribution in [3.63, 3.8) is 0 Å². The number of aliphatic hydroxyl groups excluding tert-OH is 1. The van der Waals surface area contributed by atoms with Gasteiger partial charge in [0.25, 0.3) is 0 Å². The van der Waals surface area contributed by atoms with Gasteiger partial charge < -0.3 is 5.11 Å². The van der Waals surface area contributed by atoms with E-state index in [9.17, 15) is 5.26 Å². The van der Waals surface area contributed by atoms with Crippen molar-refractivity contribution in [2.45, 2.75) is 45.1 Å². The van der Waals surface area contributed by atoms with Gasteiger partial charge in [0.15, 0.2) is 0 Å². The van der Waals surface area contributed by atoms with Crippen LogP contribution in [0.25, 0.3) is 0 Å². The highest BCUT2D eigenvalue weighted by Crippen LogP contribution is 2.43. The van der Waals surface area contributed by atoms with E-state index in [0.717, 1.165) is 32.2 Å². The molecule has 0 bridgehead atoms. The predicted molar refractivity (Wildman–Crippen MR) is 55.7 cm³/mol. The molecule has 1 saturated carbocycles. The van der Waals surface area contributed by atoms with Gasteiger partial charge in [-0.2, -0.15) is 5.26 Å². The van der Waals surface area contributed by atoms with Crippen molar-refractivity contribution >= 4 is 0 Å². The number of rotatable bonds is 4. The molecular formula is C11H20N2O. The first kappa shape index (κ1) is 11.5. The van der Waals surface area contributed by atoms with Gasteiger partial charge in [0.1, 0.15) is 5.54 Å². The highest BCUT2D eigenvalue weighted by atomic mass is 16.3. The molecule has 14 heavy (non-hydrogen) atoms. The predicted octanol–water partition coefficient (Wildman–Crippen LogP) is 1.43. The summed E-state index contributed by atoms with van der Waals surface area (Å²) in [7, 11) is 0. The summed E-state index contributed by atoms with van der Waals surface area (Å²) >= 11 is 0. The van der Waals surface area contributed by atoms with Gasteiger partial charge in [-0.05, 0) is 37.6 Å². The van der Waals surface area contributed by atoms with Gasteiger partial charge in [-0.25, -0.2) is 0 Å². The molecule has 0 radical (unpaired) electrons. The van der Waals surface area contributed by atoms with Crippen molar-refractivity contribution in [3.05, 3.63) is 0 Å². The van der Waals surface area contributed by atoms with E-state index in [4.69, 9.17) is 5.11 Å². The highest BCUT2D eigenvalue weighted by Gasteiger charge is 2.42. The maximum absolute atomic E-state index is 9.17. The molecule has 1 aliphatic carbocycles. The van der Waals surface area contributed by atoms with Crippen LogP contribution in [0.15, 0.2) is 0 Å². The van der Waals surface area contributed by atoms with E-state index >= 15 is 0 Å². The second-order valence-corrected chi connectivity index (χ2v) is 5.04. The van der Waals surface area contributed by atoms with Crippen molar-refractivity contribution < 1.29 is 5.11 Å². The Morgan fingerprint density at radius 3 is 2.57 bits per heavy atom. The van der Waals surface area contributed by atoms with Crippen molar-refractivity contribution in [1.82, 2.24) is 5.32 Å². The van der Waals surface area contributed by atoms with Crippen LogP contribution in [-0.4, -0.2) is 23.8 Å². The summed E-state index contributed by atoms with van der Waals surface area (Å²) in [6, 6.07) is 2.40. The molecule has 3 heteroatoms. The molecular weight excluding hydrogens is 176 g/mol. The maximum atomic E-state index is 9.17. The molecule has 0 heterocycles. The van der Waals surface area contributed by atoms with E-state index in [1.807, 2.05) is 0 Å². The van der Waals surface area contributed by atoms with E-state index in [0.29, 0.717) is 0 Å². The van der Waals surface area contributed by atoms with Crippen LogP contribution in [0, 0.1) is 16.7 Å². The molecule has 1 fully saturated rings. The van der Waals surface area contributed by atoms with Crippen LogP contribution in [0.3, 0.4) is 0 Å². The Morgan fingerprint density at radius 1 is 1.43 bits per heavy atom. The molecule has 0 amide bonds. The minimum absolute atomic E-state index is 0.192. The van der Waals surface area contributed by atoms with Crippen LogP contribution in [0.4, 0.5) is 0 Å². The number of nitrogens with zero attached hydrogens (tertiary/aromatic N) is 1. The topological polar surface area (TPSA) is 56.0 Å². The van der Waals surface area contributed by atoms with Crippen LogP contribution in [0.5, 0.6) is 0 Å². The van der Waals surface area contributed by atoms with Gasteiger partial charge in [0.05, 0.1) is 6.07 Å². The molecule has 0 aliphatic heterocycles. The smallest absolute Gasteiger partial charge is 0.107 e. The molecule has 1 rings (SSSR count). The second kappa shape index (κ2) is 4.29. The molecule has 1 aliphatic rings. The van der Waals surface area contributed by atoms with E-state index < -0.39 is 0 Å². The molecule has 1 atom stereocenters. The molecule has 2 N–H and O–H groups in total. The molecule has 0 aromatic heterocycles. The van der Waals surface area contributed by atoms with Gasteiger partial charge in [0, 0.05) is 6.61 Å². The monoisotopic (exact) mass is 196 g/mol. The Bertz CT molecular complexity index is 232. The first-order valence-electron chi connectivity index (χ1n) is 5.31. The Kier molecular flexibility index (Phi) is 3.52. The quantitative estimate of drug-likeness (QED) is 0.669. The lowest BCUT2D eigenvalue weighted by Gasteiger charge is -2.24. The molecule has 1 unspecified atom stereocenters. The van der Waals surface area contributed by atoms with Crippen LogP contribution in [-0.2, 0) is 0 Å². The number of hydrogen-bond donors (Lipinski definition) is 2. The number of hydrogen-bond acceptors (Lipinski definition) is 3. The largest absolute Gasteiger partial charge is 0.396 e. The zero-order valence-corrected chi connectivity index (χ0v) is 9.14. The third-order valence-electron chi connectivity index (χ3n) is 3.02. The molecule has 0 saturated heterocycles. The molecule has 0 aromatic rings. The van der Waals surface area contributed by atoms with Crippen molar-refractivity contribution in [3.8, 4) is 6.07 Å². The lowest BCUT2D eigenvalue weighted by molar-refractivity contribution is 0.273.